The van der Waals surface area contributed by atoms with Crippen molar-refractivity contribution in [1.29, 1.82) is 0 Å². The van der Waals surface area contributed by atoms with Gasteiger partial charge in [-0.1, -0.05) is 17.4 Å². The molecule has 90 valence electrons. The second-order valence-corrected chi connectivity index (χ2v) is 4.59. The summed E-state index contributed by atoms with van der Waals surface area (Å²) < 4.78 is 13.2. The molecule has 1 heterocycles. The van der Waals surface area contributed by atoms with Gasteiger partial charge in [0, 0.05) is 18.4 Å². The van der Waals surface area contributed by atoms with Crippen molar-refractivity contribution < 1.29 is 9.50 Å². The minimum Gasteiger partial charge on any atom is -0.391 e. The number of aliphatic hydroxyl groups excluding tert-OH is 1. The molecule has 5 heteroatoms. The average molecular weight is 252 g/mol. The van der Waals surface area contributed by atoms with Crippen LogP contribution in [0.4, 0.5) is 15.2 Å². The lowest BCUT2D eigenvalue weighted by molar-refractivity contribution is 0.285. The highest BCUT2D eigenvalue weighted by atomic mass is 32.1. The van der Waals surface area contributed by atoms with Gasteiger partial charge in [0.2, 0.25) is 0 Å². The summed E-state index contributed by atoms with van der Waals surface area (Å²) >= 11 is 1.41. The zero-order valence-electron chi connectivity index (χ0n) is 9.43. The van der Waals surface area contributed by atoms with Crippen LogP contribution in [0.3, 0.4) is 0 Å². The molecule has 1 aromatic heterocycles. The molecule has 3 nitrogen and oxygen atoms in total. The zero-order chi connectivity index (χ0) is 12.3. The predicted octanol–water partition coefficient (Wildman–Crippen LogP) is 2.93. The summed E-state index contributed by atoms with van der Waals surface area (Å²) in [5.74, 6) is -0.264. The normalized spacial score (nSPS) is 10.5. The van der Waals surface area contributed by atoms with Gasteiger partial charge in [0.25, 0.3) is 0 Å². The fourth-order valence-electron chi connectivity index (χ4n) is 1.57. The quantitative estimate of drug-likeness (QED) is 0.909. The van der Waals surface area contributed by atoms with E-state index in [1.165, 1.54) is 23.5 Å². The molecule has 0 saturated heterocycles. The van der Waals surface area contributed by atoms with Crippen molar-refractivity contribution in [2.75, 3.05) is 11.4 Å². The van der Waals surface area contributed by atoms with E-state index in [4.69, 9.17) is 5.11 Å². The molecular weight excluding hydrogens is 239 g/mol. The van der Waals surface area contributed by atoms with Crippen LogP contribution in [0.1, 0.15) is 11.8 Å². The van der Waals surface area contributed by atoms with Crippen molar-refractivity contribution in [2.45, 2.75) is 13.5 Å². The number of anilines is 2. The minimum atomic E-state index is -0.264. The lowest BCUT2D eigenvalue weighted by Crippen LogP contribution is -2.15. The summed E-state index contributed by atoms with van der Waals surface area (Å²) in [5.41, 5.74) is 0.770. The number of hydrogen-bond donors (Lipinski definition) is 1. The molecule has 17 heavy (non-hydrogen) atoms. The number of halogens is 1. The van der Waals surface area contributed by atoms with E-state index in [0.717, 1.165) is 15.7 Å². The summed E-state index contributed by atoms with van der Waals surface area (Å²) in [6.07, 6.45) is 1.64. The molecule has 0 aliphatic rings. The number of thiazole rings is 1. The largest absolute Gasteiger partial charge is 0.391 e. The number of hydrogen-bond acceptors (Lipinski definition) is 4. The maximum absolute atomic E-state index is 13.2. The van der Waals surface area contributed by atoms with E-state index >= 15 is 0 Å². The molecule has 0 aliphatic heterocycles. The third-order valence-corrected chi connectivity index (χ3v) is 3.37. The molecule has 0 aliphatic carbocycles. The van der Waals surface area contributed by atoms with Crippen LogP contribution in [0.25, 0.3) is 0 Å². The van der Waals surface area contributed by atoms with Crippen LogP contribution in [-0.2, 0) is 6.61 Å². The van der Waals surface area contributed by atoms with E-state index in [2.05, 4.69) is 4.98 Å². The van der Waals surface area contributed by atoms with Crippen LogP contribution < -0.4 is 4.90 Å². The van der Waals surface area contributed by atoms with Crippen LogP contribution >= 0.6 is 11.3 Å². The number of aliphatic hydroxyl groups is 1. The van der Waals surface area contributed by atoms with Gasteiger partial charge in [-0.25, -0.2) is 9.37 Å². The number of nitrogens with zero attached hydrogens (tertiary/aromatic N) is 2. The van der Waals surface area contributed by atoms with Crippen LogP contribution in [0.15, 0.2) is 30.5 Å². The predicted molar refractivity (Wildman–Crippen MR) is 67.1 cm³/mol. The van der Waals surface area contributed by atoms with E-state index in [1.54, 1.807) is 12.3 Å². The summed E-state index contributed by atoms with van der Waals surface area (Å²) in [6, 6.07) is 6.41. The van der Waals surface area contributed by atoms with Crippen LogP contribution in [-0.4, -0.2) is 16.6 Å². The van der Waals surface area contributed by atoms with E-state index < -0.39 is 0 Å². The molecule has 2 rings (SSSR count). The van der Waals surface area contributed by atoms with Crippen molar-refractivity contribution in [3.05, 3.63) is 41.2 Å². The summed E-state index contributed by atoms with van der Waals surface area (Å²) in [5, 5.41) is 9.78. The molecule has 1 aromatic carbocycles. The Bertz CT molecular complexity index is 501. The lowest BCUT2D eigenvalue weighted by atomic mass is 10.3. The molecule has 0 saturated carbocycles. The second-order valence-electron chi connectivity index (χ2n) is 3.49. The Labute approximate surface area is 103 Å². The smallest absolute Gasteiger partial charge is 0.190 e. The van der Waals surface area contributed by atoms with Gasteiger partial charge in [-0.2, -0.15) is 0 Å². The van der Waals surface area contributed by atoms with Gasteiger partial charge in [0.05, 0.1) is 11.5 Å². The van der Waals surface area contributed by atoms with Crippen LogP contribution in [0, 0.1) is 5.82 Å². The topological polar surface area (TPSA) is 36.4 Å². The Kier molecular flexibility index (Phi) is 3.71. The van der Waals surface area contributed by atoms with Gasteiger partial charge in [-0.05, 0) is 25.1 Å². The molecule has 0 unspecified atom stereocenters. The molecular formula is C12H13FN2OS. The van der Waals surface area contributed by atoms with Gasteiger partial charge in [0.1, 0.15) is 5.82 Å². The van der Waals surface area contributed by atoms with Crippen LogP contribution in [0.5, 0.6) is 0 Å². The van der Waals surface area contributed by atoms with Crippen molar-refractivity contribution in [3.63, 3.8) is 0 Å². The molecule has 0 spiro atoms. The SMILES string of the molecule is CCN(c1cccc(F)c1)c1ncc(CO)s1. The third kappa shape index (κ3) is 2.62. The standard InChI is InChI=1S/C12H13FN2OS/c1-2-15(10-5-3-4-9(13)6-10)12-14-7-11(8-16)17-12/h3-7,16H,2,8H2,1H3. The number of rotatable bonds is 4. The highest BCUT2D eigenvalue weighted by molar-refractivity contribution is 7.15. The first-order valence-corrected chi connectivity index (χ1v) is 6.15. The fraction of sp³-hybridized carbons (Fsp3) is 0.250. The Morgan fingerprint density at radius 2 is 2.29 bits per heavy atom. The first-order valence-electron chi connectivity index (χ1n) is 5.33. The van der Waals surface area contributed by atoms with Crippen molar-refractivity contribution in [1.82, 2.24) is 4.98 Å². The first kappa shape index (κ1) is 12.0. The molecule has 0 fully saturated rings. The Balaban J connectivity index is 2.33. The monoisotopic (exact) mass is 252 g/mol. The second kappa shape index (κ2) is 5.25. The maximum Gasteiger partial charge on any atom is 0.190 e. The Morgan fingerprint density at radius 3 is 2.88 bits per heavy atom. The highest BCUT2D eigenvalue weighted by Gasteiger charge is 2.11. The maximum atomic E-state index is 13.2. The van der Waals surface area contributed by atoms with E-state index in [9.17, 15) is 4.39 Å². The molecule has 0 radical (unpaired) electrons. The summed E-state index contributed by atoms with van der Waals surface area (Å²) in [6.45, 7) is 2.66. The van der Waals surface area contributed by atoms with Crippen molar-refractivity contribution >= 4 is 22.2 Å². The van der Waals surface area contributed by atoms with E-state index in [1.807, 2.05) is 17.9 Å². The Hall–Kier alpha value is -1.46. The van der Waals surface area contributed by atoms with E-state index in [0.29, 0.717) is 6.54 Å². The van der Waals surface area contributed by atoms with Gasteiger partial charge in [-0.15, -0.1) is 0 Å². The zero-order valence-corrected chi connectivity index (χ0v) is 10.2. The lowest BCUT2D eigenvalue weighted by Gasteiger charge is -2.19. The molecule has 0 bridgehead atoms. The highest BCUT2D eigenvalue weighted by Crippen LogP contribution is 2.29. The molecule has 2 aromatic rings. The Morgan fingerprint density at radius 1 is 1.47 bits per heavy atom. The van der Waals surface area contributed by atoms with Gasteiger partial charge in [-0.3, -0.25) is 0 Å². The van der Waals surface area contributed by atoms with Gasteiger partial charge in [0.15, 0.2) is 5.13 Å². The van der Waals surface area contributed by atoms with Crippen molar-refractivity contribution in [2.24, 2.45) is 0 Å². The fourth-order valence-corrected chi connectivity index (χ4v) is 2.42. The van der Waals surface area contributed by atoms with Gasteiger partial charge < -0.3 is 10.0 Å². The molecule has 1 N–H and O–H groups in total. The molecule has 0 amide bonds. The van der Waals surface area contributed by atoms with Crippen molar-refractivity contribution in [3.8, 4) is 0 Å². The minimum absolute atomic E-state index is 0.0155. The molecule has 0 atom stereocenters. The van der Waals surface area contributed by atoms with Crippen LogP contribution in [0.2, 0.25) is 0 Å². The third-order valence-electron chi connectivity index (χ3n) is 2.36. The summed E-state index contributed by atoms with van der Waals surface area (Å²) in [7, 11) is 0. The average Bonchev–Trinajstić information content (AvgIpc) is 2.79. The number of aromatic nitrogens is 1. The first-order chi connectivity index (χ1) is 8.24. The summed E-state index contributed by atoms with van der Waals surface area (Å²) in [4.78, 5) is 6.94. The van der Waals surface area contributed by atoms with E-state index in [-0.39, 0.29) is 12.4 Å². The van der Waals surface area contributed by atoms with Gasteiger partial charge >= 0.3 is 0 Å². The number of benzene rings is 1.